The molecule has 2 aliphatic rings. The Morgan fingerprint density at radius 2 is 1.83 bits per heavy atom. The molecular formula is C13H22Cl2O2Si. The van der Waals surface area contributed by atoms with Crippen LogP contribution in [-0.4, -0.2) is 24.5 Å². The van der Waals surface area contributed by atoms with Gasteiger partial charge in [-0.25, -0.2) is 0 Å². The molecule has 3 unspecified atom stereocenters. The quantitative estimate of drug-likeness (QED) is 0.565. The van der Waals surface area contributed by atoms with E-state index in [1.54, 1.807) is 0 Å². The zero-order chi connectivity index (χ0) is 13.9. The molecule has 104 valence electrons. The van der Waals surface area contributed by atoms with Crippen LogP contribution in [0.4, 0.5) is 0 Å². The number of halogens is 2. The molecule has 0 aliphatic heterocycles. The monoisotopic (exact) mass is 308 g/mol. The maximum Gasteiger partial charge on any atom is 0.192 e. The number of carbonyl (C=O) groups is 1. The van der Waals surface area contributed by atoms with Gasteiger partial charge in [-0.3, -0.25) is 4.79 Å². The fraction of sp³-hybridized carbons (Fsp3) is 0.923. The second-order valence-corrected chi connectivity index (χ2v) is 13.3. The molecule has 2 fully saturated rings. The number of rotatable bonds is 2. The van der Waals surface area contributed by atoms with E-state index >= 15 is 0 Å². The SMILES string of the molecule is CC(C)(C)[Si](C)(C)OC1CCC2C1C(=O)C2(Cl)Cl. The number of ketones is 1. The summed E-state index contributed by atoms with van der Waals surface area (Å²) in [7, 11) is -1.82. The van der Waals surface area contributed by atoms with Crippen molar-refractivity contribution in [2.24, 2.45) is 11.8 Å². The van der Waals surface area contributed by atoms with Crippen LogP contribution in [0.3, 0.4) is 0 Å². The first-order chi connectivity index (χ1) is 7.98. The molecule has 18 heavy (non-hydrogen) atoms. The Hall–Kier alpha value is 0.427. The van der Waals surface area contributed by atoms with Crippen molar-refractivity contribution >= 4 is 37.3 Å². The Morgan fingerprint density at radius 3 is 2.33 bits per heavy atom. The first-order valence-electron chi connectivity index (χ1n) is 6.58. The molecule has 0 saturated heterocycles. The molecule has 2 saturated carbocycles. The van der Waals surface area contributed by atoms with E-state index in [0.29, 0.717) is 0 Å². The van der Waals surface area contributed by atoms with E-state index in [0.717, 1.165) is 12.8 Å². The van der Waals surface area contributed by atoms with Crippen LogP contribution in [0.15, 0.2) is 0 Å². The Morgan fingerprint density at radius 1 is 1.28 bits per heavy atom. The third kappa shape index (κ3) is 2.07. The van der Waals surface area contributed by atoms with Crippen molar-refractivity contribution in [3.8, 4) is 0 Å². The average Bonchev–Trinajstić information content (AvgIpc) is 2.56. The maximum atomic E-state index is 12.0. The van der Waals surface area contributed by atoms with Crippen LogP contribution in [0.2, 0.25) is 18.1 Å². The summed E-state index contributed by atoms with van der Waals surface area (Å²) in [5.41, 5.74) is 0. The van der Waals surface area contributed by atoms with Gasteiger partial charge in [-0.1, -0.05) is 44.0 Å². The van der Waals surface area contributed by atoms with Crippen LogP contribution in [0, 0.1) is 11.8 Å². The first-order valence-corrected chi connectivity index (χ1v) is 10.2. The average molecular weight is 309 g/mol. The molecular weight excluding hydrogens is 287 g/mol. The van der Waals surface area contributed by atoms with E-state index in [4.69, 9.17) is 27.6 Å². The summed E-state index contributed by atoms with van der Waals surface area (Å²) in [6.07, 6.45) is 1.85. The molecule has 0 heterocycles. The van der Waals surface area contributed by atoms with Crippen LogP contribution in [0.25, 0.3) is 0 Å². The summed E-state index contributed by atoms with van der Waals surface area (Å²) < 4.78 is 5.22. The second kappa shape index (κ2) is 4.21. The topological polar surface area (TPSA) is 26.3 Å². The number of carbonyl (C=O) groups excluding carboxylic acids is 1. The Kier molecular flexibility index (Phi) is 3.47. The van der Waals surface area contributed by atoms with Crippen molar-refractivity contribution in [1.29, 1.82) is 0 Å². The predicted octanol–water partition coefficient (Wildman–Crippen LogP) is 4.16. The molecule has 0 aromatic carbocycles. The molecule has 0 aromatic rings. The van der Waals surface area contributed by atoms with Crippen LogP contribution >= 0.6 is 23.2 Å². The molecule has 0 bridgehead atoms. The summed E-state index contributed by atoms with van der Waals surface area (Å²) in [5, 5.41) is 0.164. The molecule has 2 aliphatic carbocycles. The van der Waals surface area contributed by atoms with Crippen LogP contribution in [0.5, 0.6) is 0 Å². The summed E-state index contributed by atoms with van der Waals surface area (Å²) in [4.78, 5) is 12.0. The molecule has 3 atom stereocenters. The fourth-order valence-corrected chi connectivity index (χ4v) is 4.83. The Labute approximate surface area is 120 Å². The van der Waals surface area contributed by atoms with Gasteiger partial charge in [-0.15, -0.1) is 0 Å². The van der Waals surface area contributed by atoms with Gasteiger partial charge in [0.2, 0.25) is 0 Å². The Bertz CT molecular complexity index is 374. The number of alkyl halides is 2. The third-order valence-corrected chi connectivity index (χ3v) is 10.4. The fourth-order valence-electron chi connectivity index (χ4n) is 2.72. The lowest BCUT2D eigenvalue weighted by Crippen LogP contribution is -2.58. The zero-order valence-corrected chi connectivity index (χ0v) is 14.2. The Balaban J connectivity index is 2.08. The van der Waals surface area contributed by atoms with Crippen molar-refractivity contribution < 1.29 is 9.22 Å². The van der Waals surface area contributed by atoms with E-state index in [-0.39, 0.29) is 28.8 Å². The smallest absolute Gasteiger partial charge is 0.192 e. The van der Waals surface area contributed by atoms with Crippen LogP contribution in [-0.2, 0) is 9.22 Å². The van der Waals surface area contributed by atoms with E-state index < -0.39 is 12.7 Å². The van der Waals surface area contributed by atoms with E-state index in [1.807, 2.05) is 0 Å². The number of hydrogen-bond donors (Lipinski definition) is 0. The van der Waals surface area contributed by atoms with Gasteiger partial charge in [0.25, 0.3) is 0 Å². The first kappa shape index (κ1) is 14.8. The highest BCUT2D eigenvalue weighted by Crippen LogP contribution is 2.58. The van der Waals surface area contributed by atoms with Gasteiger partial charge in [0, 0.05) is 5.92 Å². The van der Waals surface area contributed by atoms with Gasteiger partial charge in [0.05, 0.1) is 12.0 Å². The lowest BCUT2D eigenvalue weighted by molar-refractivity contribution is -0.137. The third-order valence-electron chi connectivity index (χ3n) is 4.95. The standard InChI is InChI=1S/C13H22Cl2O2Si/c1-12(2,3)18(4,5)17-9-7-6-8-10(9)11(16)13(8,14)15/h8-10H,6-7H2,1-5H3. The molecule has 0 amide bonds. The zero-order valence-electron chi connectivity index (χ0n) is 11.7. The highest BCUT2D eigenvalue weighted by Gasteiger charge is 2.66. The summed E-state index contributed by atoms with van der Waals surface area (Å²) in [6, 6.07) is 0. The van der Waals surface area contributed by atoms with E-state index in [9.17, 15) is 4.79 Å². The minimum atomic E-state index is -1.82. The highest BCUT2D eigenvalue weighted by molar-refractivity contribution is 6.74. The van der Waals surface area contributed by atoms with Crippen molar-refractivity contribution in [2.75, 3.05) is 0 Å². The van der Waals surface area contributed by atoms with Gasteiger partial charge in [0.1, 0.15) is 0 Å². The summed E-state index contributed by atoms with van der Waals surface area (Å²) in [6.45, 7) is 11.1. The lowest BCUT2D eigenvalue weighted by atomic mass is 9.73. The number of fused-ring (bicyclic) bond motifs is 1. The summed E-state index contributed by atoms with van der Waals surface area (Å²) in [5.74, 6) is 0.00858. The maximum absolute atomic E-state index is 12.0. The molecule has 2 nitrogen and oxygen atoms in total. The molecule has 5 heteroatoms. The minimum Gasteiger partial charge on any atom is -0.413 e. The predicted molar refractivity (Wildman–Crippen MR) is 77.7 cm³/mol. The lowest BCUT2D eigenvalue weighted by Gasteiger charge is -2.46. The van der Waals surface area contributed by atoms with Crippen molar-refractivity contribution in [3.63, 3.8) is 0 Å². The van der Waals surface area contributed by atoms with Gasteiger partial charge < -0.3 is 4.43 Å². The molecule has 2 rings (SSSR count). The van der Waals surface area contributed by atoms with Crippen molar-refractivity contribution in [1.82, 2.24) is 0 Å². The molecule has 0 spiro atoms. The van der Waals surface area contributed by atoms with Gasteiger partial charge in [-0.2, -0.15) is 0 Å². The van der Waals surface area contributed by atoms with Gasteiger partial charge in [-0.05, 0) is 31.0 Å². The second-order valence-electron chi connectivity index (χ2n) is 7.11. The molecule has 0 N–H and O–H groups in total. The van der Waals surface area contributed by atoms with Crippen molar-refractivity contribution in [3.05, 3.63) is 0 Å². The highest BCUT2D eigenvalue weighted by atomic mass is 35.5. The van der Waals surface area contributed by atoms with Crippen LogP contribution in [0.1, 0.15) is 33.6 Å². The number of Topliss-reactive ketones (excluding diaryl/α,β-unsaturated/α-hetero) is 1. The van der Waals surface area contributed by atoms with E-state index in [1.165, 1.54) is 0 Å². The van der Waals surface area contributed by atoms with Crippen molar-refractivity contribution in [2.45, 2.75) is 62.2 Å². The minimum absolute atomic E-state index is 0.0305. The largest absolute Gasteiger partial charge is 0.413 e. The van der Waals surface area contributed by atoms with Crippen LogP contribution < -0.4 is 0 Å². The van der Waals surface area contributed by atoms with Gasteiger partial charge >= 0.3 is 0 Å². The normalized spacial score (nSPS) is 35.3. The summed E-state index contributed by atoms with van der Waals surface area (Å²) >= 11 is 12.1. The number of hydrogen-bond acceptors (Lipinski definition) is 2. The van der Waals surface area contributed by atoms with Gasteiger partial charge in [0.15, 0.2) is 18.4 Å². The van der Waals surface area contributed by atoms with E-state index in [2.05, 4.69) is 33.9 Å². The molecule has 0 radical (unpaired) electrons. The molecule has 0 aromatic heterocycles.